The van der Waals surface area contributed by atoms with Gasteiger partial charge in [-0.3, -0.25) is 4.79 Å². The van der Waals surface area contributed by atoms with Crippen molar-refractivity contribution < 1.29 is 4.79 Å². The minimum Gasteiger partial charge on any atom is -0.300 e. The Bertz CT molecular complexity index is 936. The molecule has 0 saturated heterocycles. The molecule has 0 N–H and O–H groups in total. The van der Waals surface area contributed by atoms with Gasteiger partial charge in [-0.1, -0.05) is 68.3 Å². The Morgan fingerprint density at radius 2 is 1.48 bits per heavy atom. The van der Waals surface area contributed by atoms with E-state index in [-0.39, 0.29) is 18.6 Å². The van der Waals surface area contributed by atoms with Crippen LogP contribution in [-0.2, 0) is 4.79 Å². The summed E-state index contributed by atoms with van der Waals surface area (Å²) in [4.78, 5) is 12.4. The molecule has 3 nitrogen and oxygen atoms in total. The van der Waals surface area contributed by atoms with Crippen LogP contribution in [0, 0.1) is 34.0 Å². The number of hydrogen-bond donors (Lipinski definition) is 0. The third-order valence-corrected chi connectivity index (χ3v) is 6.10. The topological polar surface area (TPSA) is 64.7 Å². The molecule has 0 spiro atoms. The molecule has 134 valence electrons. The van der Waals surface area contributed by atoms with Gasteiger partial charge < -0.3 is 0 Å². The molecule has 2 aromatic rings. The number of rotatable bonds is 3. The molecular formula is C22H16Br2N2O. The lowest BCUT2D eigenvalue weighted by Gasteiger charge is -2.38. The van der Waals surface area contributed by atoms with Gasteiger partial charge in [0.15, 0.2) is 5.41 Å². The van der Waals surface area contributed by atoms with Crippen LogP contribution in [0.15, 0.2) is 63.6 Å². The fourth-order valence-electron chi connectivity index (χ4n) is 3.58. The number of ketones is 1. The first kappa shape index (κ1) is 19.5. The summed E-state index contributed by atoms with van der Waals surface area (Å²) in [5.74, 6) is -0.818. The zero-order chi connectivity index (χ0) is 19.4. The first-order valence-corrected chi connectivity index (χ1v) is 10.1. The van der Waals surface area contributed by atoms with Crippen LogP contribution in [0.25, 0.3) is 6.08 Å². The van der Waals surface area contributed by atoms with E-state index in [0.29, 0.717) is 0 Å². The van der Waals surface area contributed by atoms with Crippen LogP contribution in [0.1, 0.15) is 29.9 Å². The molecule has 0 unspecified atom stereocenters. The monoisotopic (exact) mass is 482 g/mol. The van der Waals surface area contributed by atoms with E-state index in [0.717, 1.165) is 20.1 Å². The van der Waals surface area contributed by atoms with E-state index in [1.807, 2.05) is 60.7 Å². The Labute approximate surface area is 175 Å². The summed E-state index contributed by atoms with van der Waals surface area (Å²) in [5, 5.41) is 20.0. The van der Waals surface area contributed by atoms with Crippen LogP contribution in [0.3, 0.4) is 0 Å². The number of carbonyl (C=O) groups is 1. The lowest BCUT2D eigenvalue weighted by Crippen LogP contribution is -2.40. The van der Waals surface area contributed by atoms with Gasteiger partial charge in [-0.2, -0.15) is 10.5 Å². The van der Waals surface area contributed by atoms with Crippen molar-refractivity contribution in [3.63, 3.8) is 0 Å². The predicted molar refractivity (Wildman–Crippen MR) is 111 cm³/mol. The Hall–Kier alpha value is -2.21. The van der Waals surface area contributed by atoms with Crippen molar-refractivity contribution in [2.45, 2.75) is 18.8 Å². The average Bonchev–Trinajstić information content (AvgIpc) is 2.68. The van der Waals surface area contributed by atoms with Crippen LogP contribution in [0.5, 0.6) is 0 Å². The molecule has 0 radical (unpaired) electrons. The van der Waals surface area contributed by atoms with Crippen molar-refractivity contribution in [1.82, 2.24) is 0 Å². The summed E-state index contributed by atoms with van der Waals surface area (Å²) in [6.07, 6.45) is 4.16. The summed E-state index contributed by atoms with van der Waals surface area (Å²) in [6, 6.07) is 19.8. The Kier molecular flexibility index (Phi) is 5.95. The fourth-order valence-corrected chi connectivity index (χ4v) is 4.11. The van der Waals surface area contributed by atoms with Gasteiger partial charge >= 0.3 is 0 Å². The maximum absolute atomic E-state index is 12.4. The molecule has 5 heteroatoms. The smallest absolute Gasteiger partial charge is 0.157 e. The molecule has 0 heterocycles. The zero-order valence-corrected chi connectivity index (χ0v) is 17.6. The van der Waals surface area contributed by atoms with Crippen molar-refractivity contribution in [3.8, 4) is 12.1 Å². The SMILES string of the molecule is N#CC1(C#N)[C@H](/C=C/c2ccc(Br)cc2)CC(=O)C[C@H]1c1ccc(Br)cc1. The summed E-state index contributed by atoms with van der Waals surface area (Å²) < 4.78 is 1.89. The highest BCUT2D eigenvalue weighted by molar-refractivity contribution is 9.10. The molecule has 1 saturated carbocycles. The Balaban J connectivity index is 2.00. The summed E-state index contributed by atoms with van der Waals surface area (Å²) >= 11 is 6.80. The third-order valence-electron chi connectivity index (χ3n) is 5.05. The van der Waals surface area contributed by atoms with Gasteiger partial charge in [0.25, 0.3) is 0 Å². The molecule has 3 rings (SSSR count). The standard InChI is InChI=1S/C22H16Br2N2O/c23-18-7-2-15(3-8-18)1-6-17-11-20(27)12-21(22(17,13-25)14-26)16-4-9-19(24)10-5-16/h1-10,17,21H,11-12H2/b6-1+/t17-,21+/m1/s1. The molecule has 0 aromatic heterocycles. The molecule has 1 aliphatic rings. The minimum atomic E-state index is -1.27. The van der Waals surface area contributed by atoms with Gasteiger partial charge in [0, 0.05) is 33.6 Å². The highest BCUT2D eigenvalue weighted by atomic mass is 79.9. The van der Waals surface area contributed by atoms with Gasteiger partial charge in [-0.05, 0) is 35.4 Å². The number of carbonyl (C=O) groups excluding carboxylic acids is 1. The number of allylic oxidation sites excluding steroid dienone is 1. The highest BCUT2D eigenvalue weighted by Crippen LogP contribution is 2.50. The molecule has 2 atom stereocenters. The second-order valence-corrected chi connectivity index (χ2v) is 8.49. The second kappa shape index (κ2) is 8.21. The van der Waals surface area contributed by atoms with Crippen molar-refractivity contribution in [2.75, 3.05) is 0 Å². The minimum absolute atomic E-state index is 0.0782. The van der Waals surface area contributed by atoms with Gasteiger partial charge in [0.1, 0.15) is 5.78 Å². The zero-order valence-electron chi connectivity index (χ0n) is 14.4. The fraction of sp³-hybridized carbons (Fsp3) is 0.227. The maximum Gasteiger partial charge on any atom is 0.157 e. The van der Waals surface area contributed by atoms with E-state index >= 15 is 0 Å². The molecule has 0 aliphatic heterocycles. The number of benzene rings is 2. The van der Waals surface area contributed by atoms with Gasteiger partial charge in [0.2, 0.25) is 0 Å². The van der Waals surface area contributed by atoms with Crippen molar-refractivity contribution in [3.05, 3.63) is 74.7 Å². The molecule has 27 heavy (non-hydrogen) atoms. The van der Waals surface area contributed by atoms with E-state index in [1.165, 1.54) is 0 Å². The molecule has 0 bridgehead atoms. The van der Waals surface area contributed by atoms with E-state index in [9.17, 15) is 15.3 Å². The Morgan fingerprint density at radius 1 is 0.926 bits per heavy atom. The molecular weight excluding hydrogens is 468 g/mol. The molecule has 1 aliphatic carbocycles. The Morgan fingerprint density at radius 3 is 2.04 bits per heavy atom. The molecule has 2 aromatic carbocycles. The average molecular weight is 484 g/mol. The lowest BCUT2D eigenvalue weighted by molar-refractivity contribution is -0.123. The first-order valence-electron chi connectivity index (χ1n) is 8.52. The largest absolute Gasteiger partial charge is 0.300 e. The van der Waals surface area contributed by atoms with Gasteiger partial charge in [-0.25, -0.2) is 0 Å². The molecule has 0 amide bonds. The first-order chi connectivity index (χ1) is 13.0. The van der Waals surface area contributed by atoms with Crippen molar-refractivity contribution >= 4 is 43.7 Å². The predicted octanol–water partition coefficient (Wildman–Crippen LogP) is 6.02. The van der Waals surface area contributed by atoms with Gasteiger partial charge in [0.05, 0.1) is 12.1 Å². The van der Waals surface area contributed by atoms with E-state index in [1.54, 1.807) is 0 Å². The van der Waals surface area contributed by atoms with E-state index < -0.39 is 17.3 Å². The summed E-state index contributed by atoms with van der Waals surface area (Å²) in [7, 11) is 0. The van der Waals surface area contributed by atoms with E-state index in [4.69, 9.17) is 0 Å². The maximum atomic E-state index is 12.4. The van der Waals surface area contributed by atoms with Crippen LogP contribution < -0.4 is 0 Å². The molecule has 1 fully saturated rings. The normalized spacial score (nSPS) is 21.6. The second-order valence-electron chi connectivity index (χ2n) is 6.66. The quantitative estimate of drug-likeness (QED) is 0.535. The number of Topliss-reactive ketones (excluding diaryl/α,β-unsaturated/α-hetero) is 1. The lowest BCUT2D eigenvalue weighted by atomic mass is 9.59. The van der Waals surface area contributed by atoms with Crippen LogP contribution in [0.2, 0.25) is 0 Å². The van der Waals surface area contributed by atoms with Crippen molar-refractivity contribution in [2.24, 2.45) is 11.3 Å². The van der Waals surface area contributed by atoms with Crippen LogP contribution in [0.4, 0.5) is 0 Å². The number of hydrogen-bond acceptors (Lipinski definition) is 3. The van der Waals surface area contributed by atoms with Crippen LogP contribution in [-0.4, -0.2) is 5.78 Å². The van der Waals surface area contributed by atoms with Gasteiger partial charge in [-0.15, -0.1) is 0 Å². The van der Waals surface area contributed by atoms with Crippen molar-refractivity contribution in [1.29, 1.82) is 10.5 Å². The summed E-state index contributed by atoms with van der Waals surface area (Å²) in [6.45, 7) is 0. The third kappa shape index (κ3) is 4.05. The summed E-state index contributed by atoms with van der Waals surface area (Å²) in [5.41, 5.74) is 0.533. The number of nitrogens with zero attached hydrogens (tertiary/aromatic N) is 2. The number of nitriles is 2. The van der Waals surface area contributed by atoms with Crippen LogP contribution >= 0.6 is 31.9 Å². The number of halogens is 2. The highest BCUT2D eigenvalue weighted by Gasteiger charge is 2.51. The van der Waals surface area contributed by atoms with E-state index in [2.05, 4.69) is 44.0 Å².